The van der Waals surface area contributed by atoms with E-state index < -0.39 is 0 Å². The summed E-state index contributed by atoms with van der Waals surface area (Å²) < 4.78 is 5.32. The van der Waals surface area contributed by atoms with Crippen LogP contribution in [0.15, 0.2) is 48.5 Å². The molecule has 2 heterocycles. The highest BCUT2D eigenvalue weighted by Crippen LogP contribution is 2.31. The third-order valence-electron chi connectivity index (χ3n) is 5.77. The largest absolute Gasteiger partial charge is 0.497 e. The summed E-state index contributed by atoms with van der Waals surface area (Å²) in [5.74, 6) is 1.43. The number of rotatable bonds is 7. The van der Waals surface area contributed by atoms with Crippen LogP contribution in [-0.4, -0.2) is 85.7 Å². The molecule has 1 N–H and O–H groups in total. The molecule has 1 aliphatic heterocycles. The summed E-state index contributed by atoms with van der Waals surface area (Å²) in [5, 5.41) is 18.3. The molecule has 0 unspecified atom stereocenters. The minimum absolute atomic E-state index is 0.182. The first-order valence-electron chi connectivity index (χ1n) is 10.8. The molecule has 4 rings (SSSR count). The second kappa shape index (κ2) is 9.93. The number of benzene rings is 2. The first-order valence-corrected chi connectivity index (χ1v) is 10.8. The van der Waals surface area contributed by atoms with E-state index >= 15 is 0 Å². The first-order chi connectivity index (χ1) is 15.6. The van der Waals surface area contributed by atoms with Gasteiger partial charge in [-0.15, -0.1) is 10.2 Å². The molecule has 8 nitrogen and oxygen atoms in total. The van der Waals surface area contributed by atoms with Crippen molar-refractivity contribution in [2.75, 3.05) is 70.3 Å². The van der Waals surface area contributed by atoms with Crippen LogP contribution in [0.25, 0.3) is 22.5 Å². The summed E-state index contributed by atoms with van der Waals surface area (Å²) in [4.78, 5) is 11.4. The fourth-order valence-electron chi connectivity index (χ4n) is 3.83. The van der Waals surface area contributed by atoms with E-state index in [0.29, 0.717) is 12.5 Å². The Kier molecular flexibility index (Phi) is 6.82. The van der Waals surface area contributed by atoms with E-state index in [-0.39, 0.29) is 6.61 Å². The number of aromatic nitrogens is 3. The molecule has 1 fully saturated rings. The number of ether oxygens (including phenoxy) is 1. The molecule has 3 aromatic rings. The van der Waals surface area contributed by atoms with Crippen molar-refractivity contribution < 1.29 is 9.84 Å². The molecule has 1 aromatic heterocycles. The van der Waals surface area contributed by atoms with Crippen LogP contribution in [0.1, 0.15) is 0 Å². The Hall–Kier alpha value is -3.23. The van der Waals surface area contributed by atoms with Crippen LogP contribution in [0, 0.1) is 0 Å². The first kappa shape index (κ1) is 22.0. The van der Waals surface area contributed by atoms with E-state index in [9.17, 15) is 5.11 Å². The van der Waals surface area contributed by atoms with E-state index in [1.807, 2.05) is 38.4 Å². The highest BCUT2D eigenvalue weighted by molar-refractivity contribution is 5.79. The van der Waals surface area contributed by atoms with Gasteiger partial charge in [0.25, 0.3) is 0 Å². The average molecular weight is 435 g/mol. The molecule has 0 amide bonds. The number of β-amino-alcohol motifs (C(OH)–C–C–N with tert-alkyl or cyclic N) is 1. The van der Waals surface area contributed by atoms with Gasteiger partial charge in [-0.05, 0) is 36.4 Å². The fourth-order valence-corrected chi connectivity index (χ4v) is 3.83. The molecule has 1 aliphatic rings. The van der Waals surface area contributed by atoms with Crippen LogP contribution >= 0.6 is 0 Å². The van der Waals surface area contributed by atoms with Gasteiger partial charge in [0, 0.05) is 63.6 Å². The zero-order valence-corrected chi connectivity index (χ0v) is 18.9. The Morgan fingerprint density at radius 3 is 2.09 bits per heavy atom. The molecule has 0 bridgehead atoms. The third kappa shape index (κ3) is 4.81. The lowest BCUT2D eigenvalue weighted by Crippen LogP contribution is -2.47. The molecule has 2 aromatic carbocycles. The molecule has 1 saturated heterocycles. The maximum Gasteiger partial charge on any atom is 0.246 e. The van der Waals surface area contributed by atoms with Gasteiger partial charge in [0.05, 0.1) is 13.7 Å². The molecule has 168 valence electrons. The molecular weight excluding hydrogens is 404 g/mol. The van der Waals surface area contributed by atoms with E-state index in [2.05, 4.69) is 49.2 Å². The number of aliphatic hydroxyl groups is 1. The molecule has 8 heteroatoms. The zero-order chi connectivity index (χ0) is 22.5. The van der Waals surface area contributed by atoms with Gasteiger partial charge in [0.1, 0.15) is 17.1 Å². The molecule has 0 spiro atoms. The van der Waals surface area contributed by atoms with Gasteiger partial charge in [0.2, 0.25) is 5.95 Å². The van der Waals surface area contributed by atoms with Crippen molar-refractivity contribution in [2.45, 2.75) is 0 Å². The molecule has 0 saturated carbocycles. The monoisotopic (exact) mass is 434 g/mol. The maximum absolute atomic E-state index is 9.19. The van der Waals surface area contributed by atoms with Crippen molar-refractivity contribution in [3.05, 3.63) is 48.5 Å². The number of aliphatic hydroxyl groups excluding tert-OH is 1. The lowest BCUT2D eigenvalue weighted by molar-refractivity contribution is 0.188. The summed E-state index contributed by atoms with van der Waals surface area (Å²) in [6.45, 7) is 4.24. The van der Waals surface area contributed by atoms with E-state index in [1.165, 1.54) is 0 Å². The van der Waals surface area contributed by atoms with E-state index in [0.717, 1.165) is 60.1 Å². The average Bonchev–Trinajstić information content (AvgIpc) is 2.84. The van der Waals surface area contributed by atoms with Crippen molar-refractivity contribution in [3.8, 4) is 28.3 Å². The molecule has 32 heavy (non-hydrogen) atoms. The molecule has 0 aliphatic carbocycles. The summed E-state index contributed by atoms with van der Waals surface area (Å²) in [5.41, 5.74) is 4.61. The van der Waals surface area contributed by atoms with Gasteiger partial charge in [-0.1, -0.05) is 12.1 Å². The lowest BCUT2D eigenvalue weighted by atomic mass is 10.0. The topological polar surface area (TPSA) is 77.8 Å². The number of hydrogen-bond acceptors (Lipinski definition) is 8. The maximum atomic E-state index is 9.19. The second-order valence-electron chi connectivity index (χ2n) is 8.03. The van der Waals surface area contributed by atoms with Crippen molar-refractivity contribution in [1.82, 2.24) is 20.1 Å². The number of piperazine rings is 1. The minimum atomic E-state index is 0.182. The second-order valence-corrected chi connectivity index (χ2v) is 8.03. The Morgan fingerprint density at radius 2 is 1.50 bits per heavy atom. The number of hydrogen-bond donors (Lipinski definition) is 1. The van der Waals surface area contributed by atoms with Crippen molar-refractivity contribution in [1.29, 1.82) is 0 Å². The molecule has 0 radical (unpaired) electrons. The predicted octanol–water partition coefficient (Wildman–Crippen LogP) is 2.39. The SMILES string of the molecule is COc1ccc(-c2nc(N3CCN(CCO)CC3)nnc2-c2ccc(N(C)C)cc2)cc1. The van der Waals surface area contributed by atoms with Gasteiger partial charge < -0.3 is 19.6 Å². The van der Waals surface area contributed by atoms with Gasteiger partial charge in [-0.25, -0.2) is 4.98 Å². The highest BCUT2D eigenvalue weighted by atomic mass is 16.5. The molecule has 0 atom stereocenters. The van der Waals surface area contributed by atoms with Crippen molar-refractivity contribution in [3.63, 3.8) is 0 Å². The van der Waals surface area contributed by atoms with E-state index in [1.54, 1.807) is 7.11 Å². The Morgan fingerprint density at radius 1 is 0.875 bits per heavy atom. The zero-order valence-electron chi connectivity index (χ0n) is 18.9. The lowest BCUT2D eigenvalue weighted by Gasteiger charge is -2.34. The standard InChI is InChI=1S/C24H30N6O2/c1-28(2)20-8-4-19(5-9-20)23-22(18-6-10-21(32-3)11-7-18)25-24(27-26-23)30-14-12-29(13-15-30)16-17-31/h4-11,31H,12-17H2,1-3H3. The fraction of sp³-hybridized carbons (Fsp3) is 0.375. The van der Waals surface area contributed by atoms with Gasteiger partial charge in [-0.2, -0.15) is 0 Å². The van der Waals surface area contributed by atoms with Crippen LogP contribution < -0.4 is 14.5 Å². The van der Waals surface area contributed by atoms with Crippen LogP contribution in [-0.2, 0) is 0 Å². The quantitative estimate of drug-likeness (QED) is 0.607. The highest BCUT2D eigenvalue weighted by Gasteiger charge is 2.21. The summed E-state index contributed by atoms with van der Waals surface area (Å²) in [6, 6.07) is 16.1. The predicted molar refractivity (Wildman–Crippen MR) is 127 cm³/mol. The summed E-state index contributed by atoms with van der Waals surface area (Å²) in [6.07, 6.45) is 0. The number of methoxy groups -OCH3 is 1. The van der Waals surface area contributed by atoms with Crippen molar-refractivity contribution in [2.24, 2.45) is 0 Å². The molecular formula is C24H30N6O2. The smallest absolute Gasteiger partial charge is 0.246 e. The van der Waals surface area contributed by atoms with Gasteiger partial charge in [0.15, 0.2) is 0 Å². The van der Waals surface area contributed by atoms with E-state index in [4.69, 9.17) is 9.72 Å². The summed E-state index contributed by atoms with van der Waals surface area (Å²) >= 11 is 0. The normalized spacial score (nSPS) is 14.4. The number of anilines is 2. The van der Waals surface area contributed by atoms with Crippen LogP contribution in [0.3, 0.4) is 0 Å². The third-order valence-corrected chi connectivity index (χ3v) is 5.77. The van der Waals surface area contributed by atoms with Crippen LogP contribution in [0.5, 0.6) is 5.75 Å². The Balaban J connectivity index is 1.69. The van der Waals surface area contributed by atoms with Gasteiger partial charge in [-0.3, -0.25) is 4.90 Å². The van der Waals surface area contributed by atoms with Crippen molar-refractivity contribution >= 4 is 11.6 Å². The Labute approximate surface area is 189 Å². The Bertz CT molecular complexity index is 1020. The minimum Gasteiger partial charge on any atom is -0.497 e. The van der Waals surface area contributed by atoms with Crippen LogP contribution in [0.2, 0.25) is 0 Å². The number of nitrogens with zero attached hydrogens (tertiary/aromatic N) is 6. The van der Waals surface area contributed by atoms with Gasteiger partial charge >= 0.3 is 0 Å². The summed E-state index contributed by atoms with van der Waals surface area (Å²) in [7, 11) is 5.70. The van der Waals surface area contributed by atoms with Crippen LogP contribution in [0.4, 0.5) is 11.6 Å².